The monoisotopic (exact) mass is 687 g/mol. The lowest BCUT2D eigenvalue weighted by atomic mass is 10.0. The Bertz CT molecular complexity index is 1940. The lowest BCUT2D eigenvalue weighted by molar-refractivity contribution is -0.192. The van der Waals surface area contributed by atoms with Gasteiger partial charge in [0.05, 0.1) is 18.3 Å². The highest BCUT2D eigenvalue weighted by Gasteiger charge is 2.46. The highest BCUT2D eigenvalue weighted by Crippen LogP contribution is 2.38. The molecule has 3 aromatic carbocycles. The molecule has 5 aromatic rings. The van der Waals surface area contributed by atoms with Crippen molar-refractivity contribution >= 4 is 11.4 Å². The van der Waals surface area contributed by atoms with E-state index >= 15 is 0 Å². The topological polar surface area (TPSA) is 131 Å². The molecule has 0 saturated carbocycles. The van der Waals surface area contributed by atoms with Gasteiger partial charge >= 0.3 is 5.69 Å². The van der Waals surface area contributed by atoms with Crippen LogP contribution in [0.1, 0.15) is 25.5 Å². The summed E-state index contributed by atoms with van der Waals surface area (Å²) in [4.78, 5) is 21.5. The SMILES string of the molecule is CC(N)[C@H](C)n1ncn(-c2ccc(N3CCN(c4ccc(OC[C@H]5CO[C@](Cn6cncn6)(c6ccc(F)cc6F)O5)cc4)CC3)cc2)c1=O. The van der Waals surface area contributed by atoms with Crippen LogP contribution in [0.25, 0.3) is 5.69 Å². The fourth-order valence-corrected chi connectivity index (χ4v) is 6.27. The second-order valence-corrected chi connectivity index (χ2v) is 12.6. The highest BCUT2D eigenvalue weighted by molar-refractivity contribution is 5.54. The van der Waals surface area contributed by atoms with E-state index in [0.29, 0.717) is 5.75 Å². The molecule has 262 valence electrons. The molecule has 4 atom stereocenters. The fraction of sp³-hybridized carbons (Fsp3) is 0.371. The minimum atomic E-state index is -1.51. The van der Waals surface area contributed by atoms with Crippen LogP contribution in [0.2, 0.25) is 0 Å². The molecule has 2 saturated heterocycles. The lowest BCUT2D eigenvalue weighted by Crippen LogP contribution is -2.46. The van der Waals surface area contributed by atoms with Crippen LogP contribution in [-0.4, -0.2) is 80.7 Å². The van der Waals surface area contributed by atoms with Crippen molar-refractivity contribution in [2.24, 2.45) is 5.73 Å². The third-order valence-corrected chi connectivity index (χ3v) is 9.29. The maximum Gasteiger partial charge on any atom is 0.350 e. The second-order valence-electron chi connectivity index (χ2n) is 12.6. The van der Waals surface area contributed by atoms with Crippen molar-refractivity contribution in [2.75, 3.05) is 49.2 Å². The van der Waals surface area contributed by atoms with E-state index in [1.165, 1.54) is 45.0 Å². The third kappa shape index (κ3) is 6.84. The van der Waals surface area contributed by atoms with Crippen molar-refractivity contribution in [3.05, 3.63) is 113 Å². The Labute approximate surface area is 287 Å². The molecule has 2 fully saturated rings. The van der Waals surface area contributed by atoms with Gasteiger partial charge in [0.15, 0.2) is 0 Å². The van der Waals surface area contributed by atoms with Gasteiger partial charge in [0, 0.05) is 55.2 Å². The minimum Gasteiger partial charge on any atom is -0.491 e. The van der Waals surface area contributed by atoms with E-state index in [1.807, 2.05) is 62.4 Å². The van der Waals surface area contributed by atoms with Crippen LogP contribution in [0, 0.1) is 11.6 Å². The summed E-state index contributed by atoms with van der Waals surface area (Å²) in [6, 6.07) is 18.7. The zero-order valence-electron chi connectivity index (χ0n) is 27.8. The zero-order chi connectivity index (χ0) is 34.8. The van der Waals surface area contributed by atoms with E-state index in [2.05, 4.69) is 25.0 Å². The van der Waals surface area contributed by atoms with Gasteiger partial charge in [-0.15, -0.1) is 0 Å². The normalized spacial score (nSPS) is 20.6. The summed E-state index contributed by atoms with van der Waals surface area (Å²) in [7, 11) is 0. The van der Waals surface area contributed by atoms with Crippen molar-refractivity contribution in [1.82, 2.24) is 29.1 Å². The molecule has 1 unspecified atom stereocenters. The number of hydrogen-bond donors (Lipinski definition) is 1. The number of piperazine rings is 1. The number of aromatic nitrogens is 6. The summed E-state index contributed by atoms with van der Waals surface area (Å²) in [5.41, 5.74) is 8.76. The summed E-state index contributed by atoms with van der Waals surface area (Å²) in [5, 5.41) is 8.36. The number of anilines is 2. The Morgan fingerprint density at radius 1 is 0.920 bits per heavy atom. The first-order valence-electron chi connectivity index (χ1n) is 16.5. The number of rotatable bonds is 11. The van der Waals surface area contributed by atoms with Crippen LogP contribution in [0.4, 0.5) is 20.2 Å². The minimum absolute atomic E-state index is 0.0293. The standard InChI is InChI=1S/C35H39F2N9O4/c1-24(38)25(2)46-34(47)45(23-41-46)29-6-4-27(5-7-29)42-13-15-43(16-14-42)28-8-10-30(11-9-28)48-18-31-19-49-35(50-31,20-44-22-39-21-40-44)32-12-3-26(36)17-33(32)37/h3-12,17,21-25,31H,13-16,18-20,38H2,1-2H3/t24?,25-,31-,35-/m0/s1. The third-order valence-electron chi connectivity index (χ3n) is 9.29. The molecule has 7 rings (SSSR count). The molecule has 0 aliphatic carbocycles. The molecule has 0 bridgehead atoms. The number of nitrogens with zero attached hydrogens (tertiary/aromatic N) is 8. The molecule has 0 radical (unpaired) electrons. The van der Waals surface area contributed by atoms with Crippen LogP contribution in [-0.2, 0) is 21.8 Å². The quantitative estimate of drug-likeness (QED) is 0.220. The molecule has 0 spiro atoms. The number of benzene rings is 3. The van der Waals surface area contributed by atoms with Gasteiger partial charge in [-0.05, 0) is 74.5 Å². The van der Waals surface area contributed by atoms with Crippen LogP contribution < -0.4 is 26.0 Å². The average molecular weight is 688 g/mol. The lowest BCUT2D eigenvalue weighted by Gasteiger charge is -2.37. The number of ether oxygens (including phenoxy) is 3. The van der Waals surface area contributed by atoms with Gasteiger partial charge in [-0.3, -0.25) is 0 Å². The summed E-state index contributed by atoms with van der Waals surface area (Å²) < 4.78 is 51.3. The first kappa shape index (κ1) is 33.4. The largest absolute Gasteiger partial charge is 0.491 e. The van der Waals surface area contributed by atoms with E-state index in [-0.39, 0.29) is 43.1 Å². The second kappa shape index (κ2) is 14.0. The highest BCUT2D eigenvalue weighted by atomic mass is 19.1. The maximum absolute atomic E-state index is 14.9. The average Bonchev–Trinajstić information content (AvgIpc) is 3.88. The van der Waals surface area contributed by atoms with E-state index in [4.69, 9.17) is 19.9 Å². The summed E-state index contributed by atoms with van der Waals surface area (Å²) in [5.74, 6) is -2.31. The predicted octanol–water partition coefficient (Wildman–Crippen LogP) is 3.49. The smallest absolute Gasteiger partial charge is 0.350 e. The van der Waals surface area contributed by atoms with Gasteiger partial charge < -0.3 is 29.7 Å². The Kier molecular flexibility index (Phi) is 9.35. The Hall–Kier alpha value is -5.12. The molecular formula is C35H39F2N9O4. The molecule has 13 nitrogen and oxygen atoms in total. The molecule has 2 aliphatic rings. The Morgan fingerprint density at radius 3 is 2.20 bits per heavy atom. The first-order chi connectivity index (χ1) is 24.2. The van der Waals surface area contributed by atoms with Gasteiger partial charge in [-0.25, -0.2) is 32.5 Å². The van der Waals surface area contributed by atoms with Crippen molar-refractivity contribution in [3.8, 4) is 11.4 Å². The number of halogens is 2. The summed E-state index contributed by atoms with van der Waals surface area (Å²) in [6.07, 6.45) is 3.87. The van der Waals surface area contributed by atoms with Gasteiger partial charge in [0.1, 0.15) is 55.6 Å². The predicted molar refractivity (Wildman–Crippen MR) is 181 cm³/mol. The van der Waals surface area contributed by atoms with Gasteiger partial charge in [-0.1, -0.05) is 0 Å². The first-order valence-corrected chi connectivity index (χ1v) is 16.5. The molecule has 4 heterocycles. The van der Waals surface area contributed by atoms with Crippen molar-refractivity contribution in [3.63, 3.8) is 0 Å². The Morgan fingerprint density at radius 2 is 1.58 bits per heavy atom. The van der Waals surface area contributed by atoms with E-state index in [9.17, 15) is 13.6 Å². The number of hydrogen-bond acceptors (Lipinski definition) is 10. The van der Waals surface area contributed by atoms with E-state index < -0.39 is 23.5 Å². The Balaban J connectivity index is 0.924. The van der Waals surface area contributed by atoms with Crippen molar-refractivity contribution in [2.45, 2.75) is 44.4 Å². The van der Waals surface area contributed by atoms with Gasteiger partial charge in [0.2, 0.25) is 5.79 Å². The van der Waals surface area contributed by atoms with Crippen molar-refractivity contribution < 1.29 is 23.0 Å². The molecular weight excluding hydrogens is 648 g/mol. The maximum atomic E-state index is 14.9. The van der Waals surface area contributed by atoms with Crippen molar-refractivity contribution in [1.29, 1.82) is 0 Å². The molecule has 2 aliphatic heterocycles. The van der Waals surface area contributed by atoms with E-state index in [1.54, 1.807) is 0 Å². The molecule has 0 amide bonds. The number of nitrogens with two attached hydrogens (primary N) is 1. The van der Waals surface area contributed by atoms with Gasteiger partial charge in [0.25, 0.3) is 0 Å². The zero-order valence-corrected chi connectivity index (χ0v) is 27.8. The van der Waals surface area contributed by atoms with Crippen LogP contribution in [0.5, 0.6) is 5.75 Å². The summed E-state index contributed by atoms with van der Waals surface area (Å²) in [6.45, 7) is 7.44. The van der Waals surface area contributed by atoms with Crippen LogP contribution in [0.3, 0.4) is 0 Å². The molecule has 50 heavy (non-hydrogen) atoms. The van der Waals surface area contributed by atoms with Gasteiger partial charge in [-0.2, -0.15) is 10.2 Å². The molecule has 2 N–H and O–H groups in total. The van der Waals surface area contributed by atoms with Crippen LogP contribution in [0.15, 0.2) is 90.5 Å². The van der Waals surface area contributed by atoms with E-state index in [0.717, 1.165) is 49.3 Å². The fourth-order valence-electron chi connectivity index (χ4n) is 6.27. The molecule has 15 heteroatoms. The molecule has 2 aromatic heterocycles. The summed E-state index contributed by atoms with van der Waals surface area (Å²) >= 11 is 0. The van der Waals surface area contributed by atoms with Crippen LogP contribution >= 0.6 is 0 Å².